The summed E-state index contributed by atoms with van der Waals surface area (Å²) in [7, 11) is -4.23. The van der Waals surface area contributed by atoms with Crippen LogP contribution in [0, 0.1) is 0 Å². The molecule has 0 spiro atoms. The van der Waals surface area contributed by atoms with Crippen LogP contribution in [-0.2, 0) is 10.0 Å². The van der Waals surface area contributed by atoms with Crippen molar-refractivity contribution in [1.82, 2.24) is 4.72 Å². The minimum Gasteiger partial charge on any atom is -0.433 e. The number of hydrogen-bond donors (Lipinski definition) is 1. The predicted molar refractivity (Wildman–Crippen MR) is 124 cm³/mol. The van der Waals surface area contributed by atoms with Gasteiger partial charge in [-0.05, 0) is 42.0 Å². The maximum Gasteiger partial charge on any atom is 0.394 e. The van der Waals surface area contributed by atoms with E-state index in [9.17, 15) is 26.8 Å². The molecule has 0 amide bonds. The monoisotopic (exact) mass is 547 g/mol. The zero-order valence-corrected chi connectivity index (χ0v) is 19.9. The van der Waals surface area contributed by atoms with E-state index < -0.39 is 33.4 Å². The highest BCUT2D eigenvalue weighted by atomic mass is 79.9. The summed E-state index contributed by atoms with van der Waals surface area (Å²) in [6.45, 7) is 0.582. The van der Waals surface area contributed by atoms with Gasteiger partial charge in [-0.15, -0.1) is 0 Å². The van der Waals surface area contributed by atoms with Crippen molar-refractivity contribution in [3.8, 4) is 5.75 Å². The van der Waals surface area contributed by atoms with Gasteiger partial charge in [-0.2, -0.15) is 8.78 Å². The zero-order valence-electron chi connectivity index (χ0n) is 17.5. The average molecular weight is 548 g/mol. The molecule has 0 fully saturated rings. The van der Waals surface area contributed by atoms with Gasteiger partial charge in [0, 0.05) is 22.5 Å². The minimum atomic E-state index is -4.23. The third-order valence-electron chi connectivity index (χ3n) is 4.92. The van der Waals surface area contributed by atoms with E-state index in [0.29, 0.717) is 11.4 Å². The van der Waals surface area contributed by atoms with Crippen LogP contribution in [0.2, 0.25) is 0 Å². The van der Waals surface area contributed by atoms with E-state index in [1.165, 1.54) is 60.7 Å². The number of sulfonamides is 1. The molecule has 1 aliphatic rings. The van der Waals surface area contributed by atoms with Gasteiger partial charge >= 0.3 is 6.11 Å². The lowest BCUT2D eigenvalue weighted by Gasteiger charge is -2.22. The second-order valence-electron chi connectivity index (χ2n) is 7.45. The third-order valence-corrected chi connectivity index (χ3v) is 6.82. The molecule has 1 N–H and O–H groups in total. The molecule has 0 heterocycles. The zero-order chi connectivity index (χ0) is 24.7. The number of rotatable bonds is 6. The normalized spacial score (nSPS) is 14.1. The summed E-state index contributed by atoms with van der Waals surface area (Å²) in [6, 6.07) is 16.8. The third kappa shape index (κ3) is 4.78. The fourth-order valence-electron chi connectivity index (χ4n) is 3.45. The largest absolute Gasteiger partial charge is 0.433 e. The molecule has 0 radical (unpaired) electrons. The van der Waals surface area contributed by atoms with E-state index in [1.54, 1.807) is 12.1 Å². The van der Waals surface area contributed by atoms with Gasteiger partial charge in [-0.25, -0.2) is 8.42 Å². The first-order valence-electron chi connectivity index (χ1n) is 9.85. The number of hydrogen-bond acceptors (Lipinski definition) is 5. The highest BCUT2D eigenvalue weighted by Gasteiger charge is 2.35. The maximum absolute atomic E-state index is 13.4. The molecule has 174 valence electrons. The van der Waals surface area contributed by atoms with Crippen LogP contribution < -0.4 is 9.46 Å². The lowest BCUT2D eigenvalue weighted by molar-refractivity contribution is -0.158. The summed E-state index contributed by atoms with van der Waals surface area (Å²) in [5.74, 6) is -1.44. The molecule has 0 bridgehead atoms. The first-order chi connectivity index (χ1) is 16.0. The molecule has 0 aliphatic heterocycles. The van der Waals surface area contributed by atoms with E-state index in [0.717, 1.165) is 0 Å². The van der Waals surface area contributed by atoms with Gasteiger partial charge in [0.25, 0.3) is 10.0 Å². The number of ether oxygens (including phenoxy) is 1. The minimum absolute atomic E-state index is 0.0512. The summed E-state index contributed by atoms with van der Waals surface area (Å²) < 4.78 is 59.8. The highest BCUT2D eigenvalue weighted by Crippen LogP contribution is 2.33. The second kappa shape index (κ2) is 8.77. The lowest BCUT2D eigenvalue weighted by Crippen LogP contribution is -2.33. The molecule has 10 heteroatoms. The van der Waals surface area contributed by atoms with Crippen LogP contribution >= 0.6 is 15.9 Å². The van der Waals surface area contributed by atoms with Gasteiger partial charge in [0.2, 0.25) is 5.78 Å². The van der Waals surface area contributed by atoms with Crippen LogP contribution in [0.25, 0.3) is 5.57 Å². The van der Waals surface area contributed by atoms with Crippen LogP contribution in [0.5, 0.6) is 5.75 Å². The van der Waals surface area contributed by atoms with Gasteiger partial charge in [0.05, 0.1) is 10.5 Å². The van der Waals surface area contributed by atoms with Crippen LogP contribution in [0.1, 0.15) is 33.2 Å². The number of ketones is 2. The van der Waals surface area contributed by atoms with Gasteiger partial charge in [0.1, 0.15) is 11.4 Å². The summed E-state index contributed by atoms with van der Waals surface area (Å²) >= 11 is 3.23. The van der Waals surface area contributed by atoms with E-state index in [1.807, 2.05) is 0 Å². The van der Waals surface area contributed by atoms with E-state index in [2.05, 4.69) is 25.4 Å². The smallest absolute Gasteiger partial charge is 0.394 e. The molecule has 4 rings (SSSR count). The molecule has 0 saturated heterocycles. The Kier molecular flexibility index (Phi) is 6.13. The van der Waals surface area contributed by atoms with Crippen molar-refractivity contribution < 1.29 is 31.5 Å². The fourth-order valence-corrected chi connectivity index (χ4v) is 4.79. The fraction of sp³-hybridized carbons (Fsp3) is 0.0833. The van der Waals surface area contributed by atoms with Gasteiger partial charge < -0.3 is 4.74 Å². The van der Waals surface area contributed by atoms with E-state index >= 15 is 0 Å². The number of carbonyl (C=O) groups is 2. The summed E-state index contributed by atoms with van der Waals surface area (Å²) in [4.78, 5) is 26.5. The molecule has 34 heavy (non-hydrogen) atoms. The van der Waals surface area contributed by atoms with Crippen molar-refractivity contribution in [2.24, 2.45) is 0 Å². The van der Waals surface area contributed by atoms with Gasteiger partial charge in [-0.3, -0.25) is 14.3 Å². The Morgan fingerprint density at radius 3 is 1.97 bits per heavy atom. The first kappa shape index (κ1) is 23.8. The Morgan fingerprint density at radius 2 is 1.41 bits per heavy atom. The predicted octanol–water partition coefficient (Wildman–Crippen LogP) is 5.21. The molecule has 0 aromatic heterocycles. The Morgan fingerprint density at radius 1 is 0.853 bits per heavy atom. The number of benzene rings is 3. The second-order valence-corrected chi connectivity index (χ2v) is 10.0. The Hall–Kier alpha value is -3.37. The molecule has 1 aliphatic carbocycles. The number of Topliss-reactive ketones (excluding diaryl/α,β-unsaturated/α-hetero) is 2. The molecule has 0 atom stereocenters. The lowest BCUT2D eigenvalue weighted by atomic mass is 9.84. The van der Waals surface area contributed by atoms with Crippen molar-refractivity contribution in [2.75, 3.05) is 0 Å². The molecule has 3 aromatic carbocycles. The van der Waals surface area contributed by atoms with E-state index in [4.69, 9.17) is 0 Å². The summed E-state index contributed by atoms with van der Waals surface area (Å²) in [6.07, 6.45) is -3.41. The van der Waals surface area contributed by atoms with Crippen molar-refractivity contribution in [3.63, 3.8) is 0 Å². The maximum atomic E-state index is 13.4. The molecule has 3 aromatic rings. The summed E-state index contributed by atoms with van der Waals surface area (Å²) in [5.41, 5.74) is -0.307. The van der Waals surface area contributed by atoms with Gasteiger partial charge in [0.15, 0.2) is 5.78 Å². The Balaban J connectivity index is 1.84. The van der Waals surface area contributed by atoms with Crippen molar-refractivity contribution in [3.05, 3.63) is 99.7 Å². The quantitative estimate of drug-likeness (QED) is 0.457. The van der Waals surface area contributed by atoms with Crippen molar-refractivity contribution in [2.45, 2.75) is 17.9 Å². The Labute approximate surface area is 202 Å². The van der Waals surface area contributed by atoms with Gasteiger partial charge in [-0.1, -0.05) is 52.3 Å². The topological polar surface area (TPSA) is 89.5 Å². The van der Waals surface area contributed by atoms with Crippen LogP contribution in [-0.4, -0.2) is 26.1 Å². The van der Waals surface area contributed by atoms with Crippen molar-refractivity contribution >= 4 is 43.1 Å². The molecular formula is C24H16BrF2NO5S. The highest BCUT2D eigenvalue weighted by molar-refractivity contribution is 9.10. The Bertz CT molecular complexity index is 1430. The van der Waals surface area contributed by atoms with Crippen molar-refractivity contribution in [1.29, 1.82) is 0 Å². The van der Waals surface area contributed by atoms with E-state index in [-0.39, 0.29) is 32.9 Å². The number of nitrogens with one attached hydrogen (secondary N) is 1. The molecular weight excluding hydrogens is 532 g/mol. The van der Waals surface area contributed by atoms with Crippen LogP contribution in [0.15, 0.2) is 87.9 Å². The molecule has 0 saturated carbocycles. The standard InChI is InChI=1S/C24H16BrF2NO5S/c1-24(26,27)33-16-10-6-14(7-11-16)20-21(23(30)19-5-3-2-4-18(19)22(20)29)28-34(31,32)17-12-8-15(25)9-13-17/h2-13,28H,1H3. The molecule has 6 nitrogen and oxygen atoms in total. The summed E-state index contributed by atoms with van der Waals surface area (Å²) in [5, 5.41) is 0. The number of alkyl halides is 2. The number of carbonyl (C=O) groups excluding carboxylic acids is 2. The number of allylic oxidation sites excluding steroid dienone is 2. The number of fused-ring (bicyclic) bond motifs is 1. The SMILES string of the molecule is CC(F)(F)Oc1ccc(C2=C(NS(=O)(=O)c3ccc(Br)cc3)C(=O)c3ccccc3C2=O)cc1. The molecule has 0 unspecified atom stereocenters. The number of halogens is 3. The average Bonchev–Trinajstić information content (AvgIpc) is 2.77. The van der Waals surface area contributed by atoms with Crippen LogP contribution in [0.3, 0.4) is 0 Å². The first-order valence-corrected chi connectivity index (χ1v) is 12.1. The van der Waals surface area contributed by atoms with Crippen LogP contribution in [0.4, 0.5) is 8.78 Å².